The third-order valence-corrected chi connectivity index (χ3v) is 7.72. The van der Waals surface area contributed by atoms with Crippen LogP contribution < -0.4 is 10.1 Å². The SMILES string of the molecule is Cc1ccc(C(=O)Nc2ccc(CN3CCN(C)CC3)c(C(F)(F)F)c2)cc1Oc1nc(-c2ccncc2)nc2nn(C)cc12. The fourth-order valence-corrected chi connectivity index (χ4v) is 5.16. The average molecular weight is 617 g/mol. The van der Waals surface area contributed by atoms with Gasteiger partial charge >= 0.3 is 6.18 Å². The summed E-state index contributed by atoms with van der Waals surface area (Å²) in [5.74, 6) is 0.408. The standard InChI is InChI=1S/C32H31F3N8O2/c1-20-4-5-22(16-27(20)45-31-25-19-42(3)40-29(25)38-28(39-31)21-8-10-36-11-9-21)30(44)37-24-7-6-23(26(17-24)32(33,34)35)18-43-14-12-41(2)13-15-43/h4-11,16-17,19H,12-15,18H2,1-3H3,(H,37,44). The Bertz CT molecular complexity index is 1850. The predicted octanol–water partition coefficient (Wildman–Crippen LogP) is 5.54. The van der Waals surface area contributed by atoms with E-state index in [0.29, 0.717) is 35.7 Å². The first kappa shape index (κ1) is 30.2. The van der Waals surface area contributed by atoms with Gasteiger partial charge in [0, 0.05) is 75.2 Å². The van der Waals surface area contributed by atoms with Crippen molar-refractivity contribution in [1.82, 2.24) is 34.5 Å². The van der Waals surface area contributed by atoms with Crippen LogP contribution in [0.5, 0.6) is 11.6 Å². The molecule has 232 valence electrons. The quantitative estimate of drug-likeness (QED) is 0.254. The Kier molecular flexibility index (Phi) is 8.21. The number of nitrogens with zero attached hydrogens (tertiary/aromatic N) is 7. The second-order valence-electron chi connectivity index (χ2n) is 11.1. The predicted molar refractivity (Wildman–Crippen MR) is 163 cm³/mol. The minimum atomic E-state index is -4.57. The number of benzene rings is 2. The third-order valence-electron chi connectivity index (χ3n) is 7.72. The lowest BCUT2D eigenvalue weighted by atomic mass is 10.0. The minimum absolute atomic E-state index is 0.0485. The number of rotatable bonds is 7. The molecular formula is C32H31F3N8O2. The number of likely N-dealkylation sites (N-methyl/N-ethyl adjacent to an activating group) is 1. The van der Waals surface area contributed by atoms with Gasteiger partial charge in [-0.05, 0) is 61.5 Å². The lowest BCUT2D eigenvalue weighted by Crippen LogP contribution is -2.44. The summed E-state index contributed by atoms with van der Waals surface area (Å²) in [5.41, 5.74) is 1.54. The van der Waals surface area contributed by atoms with Crippen molar-refractivity contribution in [1.29, 1.82) is 0 Å². The molecule has 0 unspecified atom stereocenters. The highest BCUT2D eigenvalue weighted by Gasteiger charge is 2.34. The van der Waals surface area contributed by atoms with Crippen molar-refractivity contribution in [2.45, 2.75) is 19.6 Å². The van der Waals surface area contributed by atoms with Crippen LogP contribution in [-0.4, -0.2) is 73.7 Å². The number of hydrogen-bond donors (Lipinski definition) is 1. The zero-order valence-electron chi connectivity index (χ0n) is 25.0. The molecule has 0 atom stereocenters. The van der Waals surface area contributed by atoms with E-state index in [1.165, 1.54) is 18.2 Å². The molecule has 3 aromatic heterocycles. The van der Waals surface area contributed by atoms with E-state index in [0.717, 1.165) is 30.3 Å². The van der Waals surface area contributed by atoms with Gasteiger partial charge in [-0.25, -0.2) is 4.98 Å². The summed E-state index contributed by atoms with van der Waals surface area (Å²) in [6.45, 7) is 4.98. The molecule has 5 aromatic rings. The number of piperazine rings is 1. The van der Waals surface area contributed by atoms with E-state index in [9.17, 15) is 18.0 Å². The van der Waals surface area contributed by atoms with Gasteiger partial charge in [0.2, 0.25) is 5.88 Å². The van der Waals surface area contributed by atoms with Crippen LogP contribution >= 0.6 is 0 Å². The smallest absolute Gasteiger partial charge is 0.416 e. The monoisotopic (exact) mass is 616 g/mol. The Morgan fingerprint density at radius 1 is 0.978 bits per heavy atom. The van der Waals surface area contributed by atoms with Crippen LogP contribution in [0.1, 0.15) is 27.0 Å². The van der Waals surface area contributed by atoms with Crippen LogP contribution in [0.2, 0.25) is 0 Å². The van der Waals surface area contributed by atoms with E-state index >= 15 is 0 Å². The normalized spacial score (nSPS) is 14.5. The molecule has 10 nitrogen and oxygen atoms in total. The lowest BCUT2D eigenvalue weighted by molar-refractivity contribution is -0.138. The van der Waals surface area contributed by atoms with Crippen molar-refractivity contribution < 1.29 is 22.7 Å². The highest BCUT2D eigenvalue weighted by Crippen LogP contribution is 2.35. The van der Waals surface area contributed by atoms with Crippen molar-refractivity contribution in [2.75, 3.05) is 38.5 Å². The number of ether oxygens (including phenoxy) is 1. The summed E-state index contributed by atoms with van der Waals surface area (Å²) in [5, 5.41) is 7.60. The van der Waals surface area contributed by atoms with E-state index in [4.69, 9.17) is 4.74 Å². The molecule has 1 saturated heterocycles. The Hall–Kier alpha value is -4.88. The molecule has 45 heavy (non-hydrogen) atoms. The average Bonchev–Trinajstić information content (AvgIpc) is 3.40. The minimum Gasteiger partial charge on any atom is -0.438 e. The number of carbonyl (C=O) groups excluding carboxylic acids is 1. The molecule has 1 N–H and O–H groups in total. The molecule has 1 aliphatic heterocycles. The second-order valence-corrected chi connectivity index (χ2v) is 11.1. The van der Waals surface area contributed by atoms with E-state index in [1.54, 1.807) is 54.6 Å². The van der Waals surface area contributed by atoms with E-state index in [-0.39, 0.29) is 29.2 Å². The molecule has 0 saturated carbocycles. The molecule has 2 aromatic carbocycles. The number of carbonyl (C=O) groups is 1. The van der Waals surface area contributed by atoms with Gasteiger partial charge < -0.3 is 15.0 Å². The van der Waals surface area contributed by atoms with Crippen LogP contribution in [-0.2, 0) is 19.8 Å². The zero-order valence-corrected chi connectivity index (χ0v) is 25.0. The maximum absolute atomic E-state index is 14.1. The third kappa shape index (κ3) is 6.79. The number of aromatic nitrogens is 5. The molecule has 1 fully saturated rings. The van der Waals surface area contributed by atoms with Crippen LogP contribution in [0.25, 0.3) is 22.4 Å². The number of aryl methyl sites for hydroxylation is 2. The first-order valence-corrected chi connectivity index (χ1v) is 14.4. The fraction of sp³-hybridized carbons (Fsp3) is 0.281. The van der Waals surface area contributed by atoms with E-state index in [2.05, 4.69) is 30.3 Å². The molecule has 4 heterocycles. The largest absolute Gasteiger partial charge is 0.438 e. The second kappa shape index (κ2) is 12.3. The van der Waals surface area contributed by atoms with Crippen LogP contribution in [0.4, 0.5) is 18.9 Å². The van der Waals surface area contributed by atoms with E-state index < -0.39 is 17.6 Å². The summed E-state index contributed by atoms with van der Waals surface area (Å²) in [6, 6.07) is 12.3. The van der Waals surface area contributed by atoms with Crippen LogP contribution in [0.3, 0.4) is 0 Å². The van der Waals surface area contributed by atoms with Gasteiger partial charge in [-0.1, -0.05) is 12.1 Å². The Morgan fingerprint density at radius 2 is 1.73 bits per heavy atom. The Morgan fingerprint density at radius 3 is 2.47 bits per heavy atom. The van der Waals surface area contributed by atoms with Crippen LogP contribution in [0.15, 0.2) is 67.1 Å². The van der Waals surface area contributed by atoms with Gasteiger partial charge in [0.1, 0.15) is 11.1 Å². The molecule has 0 bridgehead atoms. The van der Waals surface area contributed by atoms with Crippen molar-refractivity contribution >= 4 is 22.6 Å². The molecule has 1 amide bonds. The van der Waals surface area contributed by atoms with Crippen molar-refractivity contribution in [3.63, 3.8) is 0 Å². The first-order valence-electron chi connectivity index (χ1n) is 14.4. The van der Waals surface area contributed by atoms with Crippen LogP contribution in [0, 0.1) is 6.92 Å². The zero-order chi connectivity index (χ0) is 31.7. The summed E-state index contributed by atoms with van der Waals surface area (Å²) < 4.78 is 50.1. The number of alkyl halides is 3. The molecule has 1 aliphatic rings. The number of pyridine rings is 1. The highest BCUT2D eigenvalue weighted by molar-refractivity contribution is 6.04. The van der Waals surface area contributed by atoms with Gasteiger partial charge in [0.15, 0.2) is 11.5 Å². The number of anilines is 1. The molecule has 0 spiro atoms. The van der Waals surface area contributed by atoms with Crippen molar-refractivity contribution in [3.05, 3.63) is 89.4 Å². The molecule has 6 rings (SSSR count). The summed E-state index contributed by atoms with van der Waals surface area (Å²) in [7, 11) is 3.76. The maximum Gasteiger partial charge on any atom is 0.416 e. The fourth-order valence-electron chi connectivity index (χ4n) is 5.16. The lowest BCUT2D eigenvalue weighted by Gasteiger charge is -2.33. The molecule has 0 aliphatic carbocycles. The molecule has 0 radical (unpaired) electrons. The van der Waals surface area contributed by atoms with Gasteiger partial charge in [-0.3, -0.25) is 19.4 Å². The first-order chi connectivity index (χ1) is 21.5. The number of halogens is 3. The van der Waals surface area contributed by atoms with Gasteiger partial charge in [-0.15, -0.1) is 0 Å². The topological polar surface area (TPSA) is 101 Å². The maximum atomic E-state index is 14.1. The number of hydrogen-bond acceptors (Lipinski definition) is 8. The summed E-state index contributed by atoms with van der Waals surface area (Å²) >= 11 is 0. The summed E-state index contributed by atoms with van der Waals surface area (Å²) in [4.78, 5) is 30.6. The number of nitrogens with one attached hydrogen (secondary N) is 1. The van der Waals surface area contributed by atoms with E-state index in [1.807, 2.05) is 18.9 Å². The van der Waals surface area contributed by atoms with Crippen molar-refractivity contribution in [2.24, 2.45) is 7.05 Å². The summed E-state index contributed by atoms with van der Waals surface area (Å²) in [6.07, 6.45) is 0.427. The van der Waals surface area contributed by atoms with Gasteiger partial charge in [-0.2, -0.15) is 23.3 Å². The molecule has 13 heteroatoms. The van der Waals surface area contributed by atoms with Gasteiger partial charge in [0.25, 0.3) is 5.91 Å². The number of fused-ring (bicyclic) bond motifs is 1. The molecular weight excluding hydrogens is 585 g/mol. The Labute approximate surface area is 257 Å². The number of amides is 1. The highest BCUT2D eigenvalue weighted by atomic mass is 19.4. The Balaban J connectivity index is 1.25. The van der Waals surface area contributed by atoms with Crippen molar-refractivity contribution in [3.8, 4) is 23.0 Å². The van der Waals surface area contributed by atoms with Gasteiger partial charge in [0.05, 0.1) is 5.56 Å².